The summed E-state index contributed by atoms with van der Waals surface area (Å²) in [7, 11) is 0. The molecule has 0 radical (unpaired) electrons. The summed E-state index contributed by atoms with van der Waals surface area (Å²) in [5.41, 5.74) is 5.69. The molecule has 2 amide bonds. The van der Waals surface area contributed by atoms with Crippen LogP contribution in [-0.4, -0.2) is 28.8 Å². The molecule has 0 aromatic rings. The summed E-state index contributed by atoms with van der Waals surface area (Å²) >= 11 is 0. The Kier molecular flexibility index (Phi) is 1.87. The minimum absolute atomic E-state index is 0.0540. The standard InChI is InChI=1S/C9H14N2O2/c10-9(4-1-5-9)6-11-7(12)2-3-8(11)13/h1-6,10H2. The lowest BCUT2D eigenvalue weighted by molar-refractivity contribution is -0.139. The van der Waals surface area contributed by atoms with Crippen LogP contribution >= 0.6 is 0 Å². The van der Waals surface area contributed by atoms with Crippen molar-refractivity contribution in [3.8, 4) is 0 Å². The van der Waals surface area contributed by atoms with Gasteiger partial charge < -0.3 is 5.73 Å². The van der Waals surface area contributed by atoms with E-state index in [1.54, 1.807) is 0 Å². The van der Waals surface area contributed by atoms with E-state index in [-0.39, 0.29) is 17.4 Å². The first-order valence-electron chi connectivity index (χ1n) is 4.73. The van der Waals surface area contributed by atoms with Crippen molar-refractivity contribution in [1.82, 2.24) is 4.90 Å². The lowest BCUT2D eigenvalue weighted by Gasteiger charge is -2.40. The van der Waals surface area contributed by atoms with E-state index in [1.807, 2.05) is 0 Å². The van der Waals surface area contributed by atoms with Crippen molar-refractivity contribution < 1.29 is 9.59 Å². The first kappa shape index (κ1) is 8.69. The van der Waals surface area contributed by atoms with Crippen molar-refractivity contribution in [2.45, 2.75) is 37.6 Å². The Morgan fingerprint density at radius 3 is 2.15 bits per heavy atom. The fraction of sp³-hybridized carbons (Fsp3) is 0.778. The molecule has 0 atom stereocenters. The first-order valence-corrected chi connectivity index (χ1v) is 4.73. The SMILES string of the molecule is NC1(CN2C(=O)CCC2=O)CCC1. The molecule has 1 heterocycles. The zero-order valence-electron chi connectivity index (χ0n) is 7.58. The van der Waals surface area contributed by atoms with Crippen LogP contribution in [0.25, 0.3) is 0 Å². The molecule has 2 aliphatic rings. The molecule has 1 aliphatic carbocycles. The third-order valence-corrected chi connectivity index (χ3v) is 2.98. The summed E-state index contributed by atoms with van der Waals surface area (Å²) in [5, 5.41) is 0. The maximum atomic E-state index is 11.3. The van der Waals surface area contributed by atoms with Crippen LogP contribution in [0.15, 0.2) is 0 Å². The molecule has 2 rings (SSSR count). The second-order valence-corrected chi connectivity index (χ2v) is 4.09. The van der Waals surface area contributed by atoms with Crippen LogP contribution in [0, 0.1) is 0 Å². The summed E-state index contributed by atoms with van der Waals surface area (Å²) in [6.07, 6.45) is 3.73. The molecule has 72 valence electrons. The molecule has 1 saturated carbocycles. The van der Waals surface area contributed by atoms with E-state index in [2.05, 4.69) is 0 Å². The van der Waals surface area contributed by atoms with E-state index < -0.39 is 0 Å². The predicted octanol–water partition coefficient (Wildman–Crippen LogP) is 0.0168. The van der Waals surface area contributed by atoms with Gasteiger partial charge in [-0.15, -0.1) is 0 Å². The fourth-order valence-corrected chi connectivity index (χ4v) is 1.90. The van der Waals surface area contributed by atoms with Crippen molar-refractivity contribution >= 4 is 11.8 Å². The number of amides is 2. The van der Waals surface area contributed by atoms with Crippen LogP contribution < -0.4 is 5.73 Å². The average Bonchev–Trinajstić information content (AvgIpc) is 2.33. The van der Waals surface area contributed by atoms with Crippen molar-refractivity contribution in [1.29, 1.82) is 0 Å². The van der Waals surface area contributed by atoms with Gasteiger partial charge in [-0.2, -0.15) is 0 Å². The maximum Gasteiger partial charge on any atom is 0.229 e. The van der Waals surface area contributed by atoms with Crippen LogP contribution in [0.3, 0.4) is 0 Å². The highest BCUT2D eigenvalue weighted by Crippen LogP contribution is 2.31. The Labute approximate surface area is 77.1 Å². The number of nitrogens with zero attached hydrogens (tertiary/aromatic N) is 1. The van der Waals surface area contributed by atoms with Gasteiger partial charge in [0.2, 0.25) is 11.8 Å². The van der Waals surface area contributed by atoms with E-state index in [9.17, 15) is 9.59 Å². The minimum atomic E-state index is -0.268. The molecule has 2 N–H and O–H groups in total. The van der Waals surface area contributed by atoms with Crippen LogP contribution in [-0.2, 0) is 9.59 Å². The molecule has 13 heavy (non-hydrogen) atoms. The van der Waals surface area contributed by atoms with Gasteiger partial charge in [-0.3, -0.25) is 14.5 Å². The number of hydrogen-bond acceptors (Lipinski definition) is 3. The van der Waals surface area contributed by atoms with E-state index in [0.717, 1.165) is 19.3 Å². The quantitative estimate of drug-likeness (QED) is 0.612. The average molecular weight is 182 g/mol. The highest BCUT2D eigenvalue weighted by atomic mass is 16.2. The first-order chi connectivity index (χ1) is 6.11. The van der Waals surface area contributed by atoms with Crippen molar-refractivity contribution in [3.05, 3.63) is 0 Å². The van der Waals surface area contributed by atoms with Gasteiger partial charge in [0.15, 0.2) is 0 Å². The number of imide groups is 1. The smallest absolute Gasteiger partial charge is 0.229 e. The van der Waals surface area contributed by atoms with Gasteiger partial charge in [0.1, 0.15) is 0 Å². The number of likely N-dealkylation sites (tertiary alicyclic amines) is 1. The Morgan fingerprint density at radius 1 is 1.23 bits per heavy atom. The summed E-state index contributed by atoms with van der Waals surface area (Å²) in [5.74, 6) is -0.108. The van der Waals surface area contributed by atoms with Gasteiger partial charge in [0.05, 0.1) is 0 Å². The van der Waals surface area contributed by atoms with Gasteiger partial charge in [-0.1, -0.05) is 0 Å². The number of carbonyl (C=O) groups excluding carboxylic acids is 2. The Balaban J connectivity index is 2.00. The van der Waals surface area contributed by atoms with E-state index in [1.165, 1.54) is 4.90 Å². The number of rotatable bonds is 2. The summed E-state index contributed by atoms with van der Waals surface area (Å²) in [6, 6.07) is 0. The third-order valence-electron chi connectivity index (χ3n) is 2.98. The van der Waals surface area contributed by atoms with Gasteiger partial charge in [-0.05, 0) is 19.3 Å². The van der Waals surface area contributed by atoms with Crippen LogP contribution in [0.1, 0.15) is 32.1 Å². The maximum absolute atomic E-state index is 11.3. The second kappa shape index (κ2) is 2.80. The van der Waals surface area contributed by atoms with Gasteiger partial charge >= 0.3 is 0 Å². The van der Waals surface area contributed by atoms with Crippen molar-refractivity contribution in [2.24, 2.45) is 5.73 Å². The summed E-state index contributed by atoms with van der Waals surface area (Å²) in [6.45, 7) is 0.435. The van der Waals surface area contributed by atoms with Gasteiger partial charge in [0.25, 0.3) is 0 Å². The molecule has 0 unspecified atom stereocenters. The molecule has 0 aromatic heterocycles. The molecule has 0 aromatic carbocycles. The normalized spacial score (nSPS) is 26.4. The molecule has 1 aliphatic heterocycles. The second-order valence-electron chi connectivity index (χ2n) is 4.09. The number of hydrogen-bond donors (Lipinski definition) is 1. The summed E-state index contributed by atoms with van der Waals surface area (Å²) in [4.78, 5) is 23.8. The van der Waals surface area contributed by atoms with Crippen molar-refractivity contribution in [2.75, 3.05) is 6.54 Å². The molecular formula is C9H14N2O2. The van der Waals surface area contributed by atoms with Crippen molar-refractivity contribution in [3.63, 3.8) is 0 Å². The molecule has 0 spiro atoms. The van der Waals surface area contributed by atoms with Crippen LogP contribution in [0.5, 0.6) is 0 Å². The highest BCUT2D eigenvalue weighted by Gasteiger charge is 2.39. The molecular weight excluding hydrogens is 168 g/mol. The third kappa shape index (κ3) is 1.46. The zero-order chi connectivity index (χ0) is 9.47. The predicted molar refractivity (Wildman–Crippen MR) is 46.7 cm³/mol. The van der Waals surface area contributed by atoms with E-state index in [4.69, 9.17) is 5.73 Å². The van der Waals surface area contributed by atoms with Crippen LogP contribution in [0.2, 0.25) is 0 Å². The fourth-order valence-electron chi connectivity index (χ4n) is 1.90. The van der Waals surface area contributed by atoms with Crippen LogP contribution in [0.4, 0.5) is 0 Å². The minimum Gasteiger partial charge on any atom is -0.324 e. The topological polar surface area (TPSA) is 63.4 Å². The summed E-state index contributed by atoms with van der Waals surface area (Å²) < 4.78 is 0. The number of nitrogens with two attached hydrogens (primary N) is 1. The molecule has 4 heteroatoms. The van der Waals surface area contributed by atoms with Gasteiger partial charge in [0, 0.05) is 24.9 Å². The van der Waals surface area contributed by atoms with Gasteiger partial charge in [-0.25, -0.2) is 0 Å². The largest absolute Gasteiger partial charge is 0.324 e. The number of carbonyl (C=O) groups is 2. The zero-order valence-corrected chi connectivity index (χ0v) is 7.58. The highest BCUT2D eigenvalue weighted by molar-refractivity contribution is 6.02. The molecule has 0 bridgehead atoms. The lowest BCUT2D eigenvalue weighted by atomic mass is 9.77. The van der Waals surface area contributed by atoms with E-state index >= 15 is 0 Å². The molecule has 1 saturated heterocycles. The van der Waals surface area contributed by atoms with E-state index in [0.29, 0.717) is 19.4 Å². The monoisotopic (exact) mass is 182 g/mol. The Morgan fingerprint density at radius 2 is 1.77 bits per heavy atom. The lowest BCUT2D eigenvalue weighted by Crippen LogP contribution is -2.56. The molecule has 4 nitrogen and oxygen atoms in total. The molecule has 2 fully saturated rings. The Bertz CT molecular complexity index is 242. The Hall–Kier alpha value is -0.900.